The van der Waals surface area contributed by atoms with Crippen LogP contribution in [0.5, 0.6) is 11.5 Å². The number of rotatable bonds is 10. The van der Waals surface area contributed by atoms with Crippen molar-refractivity contribution in [1.82, 2.24) is 10.2 Å². The summed E-state index contributed by atoms with van der Waals surface area (Å²) in [5.41, 5.74) is 1.41. The molecule has 0 spiro atoms. The fraction of sp³-hybridized carbons (Fsp3) is 0.686. The number of methoxy groups -OCH3 is 1. The first kappa shape index (κ1) is 29.8. The Labute approximate surface area is 259 Å². The standard InChI is InChI=1S/C35H46N2O7/c1-43-28-12-24(18-39)11-25-30-26(34(42)36-6-7-38)14-27(31(41)33(30)44-32(25)28)37(29(40)13-20-4-2-3-5-20)19-35-15-21-8-22(16-35)10-23(9-21)17-35/h11-12,14,18,20-23,27,30-31,33,38,41H,2-10,13,15-17,19H2,1H3,(H,36,42). The molecule has 6 aliphatic carbocycles. The third-order valence-electron chi connectivity index (χ3n) is 11.7. The predicted octanol–water partition coefficient (Wildman–Crippen LogP) is 3.76. The molecule has 4 atom stereocenters. The van der Waals surface area contributed by atoms with Gasteiger partial charge in [-0.3, -0.25) is 14.4 Å². The number of aliphatic hydroxyl groups is 2. The lowest BCUT2D eigenvalue weighted by atomic mass is 9.49. The molecular weight excluding hydrogens is 560 g/mol. The normalized spacial score (nSPS) is 35.0. The number of aldehydes is 1. The first-order chi connectivity index (χ1) is 21.3. The van der Waals surface area contributed by atoms with Crippen molar-refractivity contribution < 1.29 is 34.1 Å². The number of nitrogens with zero attached hydrogens (tertiary/aromatic N) is 1. The molecule has 1 aliphatic heterocycles. The fourth-order valence-electron chi connectivity index (χ4n) is 10.3. The van der Waals surface area contributed by atoms with Crippen molar-refractivity contribution in [3.8, 4) is 11.5 Å². The van der Waals surface area contributed by atoms with Gasteiger partial charge in [-0.1, -0.05) is 12.8 Å². The van der Waals surface area contributed by atoms with E-state index in [4.69, 9.17) is 9.47 Å². The molecule has 5 fully saturated rings. The zero-order chi connectivity index (χ0) is 30.6. The van der Waals surface area contributed by atoms with E-state index < -0.39 is 24.2 Å². The molecule has 5 saturated carbocycles. The van der Waals surface area contributed by atoms with Crippen molar-refractivity contribution in [3.63, 3.8) is 0 Å². The zero-order valence-corrected chi connectivity index (χ0v) is 25.7. The van der Waals surface area contributed by atoms with Crippen LogP contribution in [0.1, 0.15) is 92.5 Å². The largest absolute Gasteiger partial charge is 0.493 e. The molecule has 238 valence electrons. The monoisotopic (exact) mass is 606 g/mol. The highest BCUT2D eigenvalue weighted by atomic mass is 16.5. The second-order valence-corrected chi connectivity index (χ2v) is 14.7. The van der Waals surface area contributed by atoms with E-state index in [0.717, 1.165) is 69.0 Å². The maximum Gasteiger partial charge on any atom is 0.247 e. The lowest BCUT2D eigenvalue weighted by molar-refractivity contribution is -0.146. The Balaban J connectivity index is 1.28. The topological polar surface area (TPSA) is 125 Å². The van der Waals surface area contributed by atoms with Gasteiger partial charge in [0.1, 0.15) is 18.5 Å². The number of amides is 2. The van der Waals surface area contributed by atoms with Crippen molar-refractivity contribution in [2.45, 2.75) is 94.8 Å². The van der Waals surface area contributed by atoms with Crippen molar-refractivity contribution in [2.75, 3.05) is 26.8 Å². The summed E-state index contributed by atoms with van der Waals surface area (Å²) in [6.07, 6.45) is 12.7. The van der Waals surface area contributed by atoms with E-state index in [1.54, 1.807) is 18.2 Å². The smallest absolute Gasteiger partial charge is 0.247 e. The Hall–Kier alpha value is -2.91. The molecule has 9 heteroatoms. The molecule has 1 aromatic rings. The van der Waals surface area contributed by atoms with Crippen LogP contribution in [-0.4, -0.2) is 78.3 Å². The van der Waals surface area contributed by atoms with E-state index in [2.05, 4.69) is 5.32 Å². The van der Waals surface area contributed by atoms with E-state index in [1.807, 2.05) is 4.90 Å². The summed E-state index contributed by atoms with van der Waals surface area (Å²) < 4.78 is 12.0. The molecule has 7 aliphatic rings. The van der Waals surface area contributed by atoms with Crippen LogP contribution in [0.25, 0.3) is 0 Å². The molecule has 4 unspecified atom stereocenters. The van der Waals surface area contributed by atoms with Crippen LogP contribution in [0.2, 0.25) is 0 Å². The van der Waals surface area contributed by atoms with Crippen molar-refractivity contribution >= 4 is 18.1 Å². The van der Waals surface area contributed by atoms with Gasteiger partial charge in [-0.05, 0) is 98.7 Å². The van der Waals surface area contributed by atoms with Gasteiger partial charge < -0.3 is 29.9 Å². The van der Waals surface area contributed by atoms with Crippen molar-refractivity contribution in [2.24, 2.45) is 29.1 Å². The number of fused-ring (bicyclic) bond motifs is 3. The summed E-state index contributed by atoms with van der Waals surface area (Å²) in [7, 11) is 1.49. The minimum absolute atomic E-state index is 0.0470. The molecule has 2 amide bonds. The fourth-order valence-corrected chi connectivity index (χ4v) is 10.3. The highest BCUT2D eigenvalue weighted by molar-refractivity contribution is 5.96. The second kappa shape index (κ2) is 11.8. The number of ether oxygens (including phenoxy) is 2. The summed E-state index contributed by atoms with van der Waals surface area (Å²) in [5.74, 6) is 2.29. The number of carbonyl (C=O) groups excluding carboxylic acids is 3. The SMILES string of the molecule is COc1cc(C=O)cc2c1OC1C2C(C(=O)NCCO)=CC(N(CC23CC4CC(CC(C4)C2)C3)C(=O)CC2CCCC2)C1O. The summed E-state index contributed by atoms with van der Waals surface area (Å²) in [6, 6.07) is 2.54. The van der Waals surface area contributed by atoms with Gasteiger partial charge >= 0.3 is 0 Å². The second-order valence-electron chi connectivity index (χ2n) is 14.7. The Morgan fingerprint density at radius 1 is 1.11 bits per heavy atom. The molecule has 3 N–H and O–H groups in total. The maximum absolute atomic E-state index is 14.4. The molecule has 0 saturated heterocycles. The minimum Gasteiger partial charge on any atom is -0.493 e. The van der Waals surface area contributed by atoms with Crippen LogP contribution in [0.4, 0.5) is 0 Å². The third kappa shape index (κ3) is 5.23. The minimum atomic E-state index is -1.09. The molecule has 0 radical (unpaired) electrons. The molecule has 4 bridgehead atoms. The third-order valence-corrected chi connectivity index (χ3v) is 11.7. The molecule has 1 heterocycles. The highest BCUT2D eigenvalue weighted by Crippen LogP contribution is 2.60. The Morgan fingerprint density at radius 3 is 2.41 bits per heavy atom. The number of carbonyl (C=O) groups is 3. The molecule has 8 rings (SSSR count). The first-order valence-corrected chi connectivity index (χ1v) is 16.7. The van der Waals surface area contributed by atoms with Gasteiger partial charge in [0.05, 0.1) is 25.7 Å². The zero-order valence-electron chi connectivity index (χ0n) is 25.7. The Bertz CT molecular complexity index is 1300. The van der Waals surface area contributed by atoms with Gasteiger partial charge in [-0.2, -0.15) is 0 Å². The van der Waals surface area contributed by atoms with E-state index in [1.165, 1.54) is 26.4 Å². The average molecular weight is 607 g/mol. The average Bonchev–Trinajstić information content (AvgIpc) is 3.66. The van der Waals surface area contributed by atoms with Gasteiger partial charge in [0, 0.05) is 36.2 Å². The summed E-state index contributed by atoms with van der Waals surface area (Å²) in [6.45, 7) is 0.450. The lowest BCUT2D eigenvalue weighted by Crippen LogP contribution is -2.60. The van der Waals surface area contributed by atoms with Crippen LogP contribution in [0.15, 0.2) is 23.8 Å². The molecule has 9 nitrogen and oxygen atoms in total. The summed E-state index contributed by atoms with van der Waals surface area (Å²) in [5, 5.41) is 24.4. The Morgan fingerprint density at radius 2 is 1.80 bits per heavy atom. The van der Waals surface area contributed by atoms with Crippen LogP contribution >= 0.6 is 0 Å². The number of hydrogen-bond donors (Lipinski definition) is 3. The maximum atomic E-state index is 14.4. The highest BCUT2D eigenvalue weighted by Gasteiger charge is 2.55. The molecule has 0 aromatic heterocycles. The predicted molar refractivity (Wildman–Crippen MR) is 162 cm³/mol. The van der Waals surface area contributed by atoms with Crippen LogP contribution in [0, 0.1) is 29.1 Å². The van der Waals surface area contributed by atoms with E-state index >= 15 is 0 Å². The van der Waals surface area contributed by atoms with Gasteiger partial charge in [0.25, 0.3) is 0 Å². The van der Waals surface area contributed by atoms with Crippen molar-refractivity contribution in [3.05, 3.63) is 34.9 Å². The van der Waals surface area contributed by atoms with E-state index in [-0.39, 0.29) is 30.4 Å². The summed E-state index contributed by atoms with van der Waals surface area (Å²) >= 11 is 0. The van der Waals surface area contributed by atoms with Gasteiger partial charge in [-0.15, -0.1) is 0 Å². The Kier molecular flexibility index (Phi) is 7.98. The molecule has 1 aromatic carbocycles. The van der Waals surface area contributed by atoms with E-state index in [0.29, 0.717) is 47.1 Å². The van der Waals surface area contributed by atoms with E-state index in [9.17, 15) is 24.6 Å². The van der Waals surface area contributed by atoms with Crippen LogP contribution in [0.3, 0.4) is 0 Å². The quantitative estimate of drug-likeness (QED) is 0.347. The molecule has 44 heavy (non-hydrogen) atoms. The number of hydrogen-bond acceptors (Lipinski definition) is 7. The number of aliphatic hydroxyl groups excluding tert-OH is 2. The first-order valence-electron chi connectivity index (χ1n) is 16.7. The number of nitrogens with one attached hydrogen (secondary N) is 1. The summed E-state index contributed by atoms with van der Waals surface area (Å²) in [4.78, 5) is 41.8. The van der Waals surface area contributed by atoms with Gasteiger partial charge in [-0.25, -0.2) is 0 Å². The number of benzene rings is 1. The van der Waals surface area contributed by atoms with Gasteiger partial charge in [0.2, 0.25) is 11.8 Å². The van der Waals surface area contributed by atoms with Crippen LogP contribution in [-0.2, 0) is 9.59 Å². The lowest BCUT2D eigenvalue weighted by Gasteiger charge is -2.58. The van der Waals surface area contributed by atoms with Gasteiger partial charge in [0.15, 0.2) is 11.5 Å². The molecular formula is C35H46N2O7. The van der Waals surface area contributed by atoms with Crippen LogP contribution < -0.4 is 14.8 Å². The van der Waals surface area contributed by atoms with Crippen molar-refractivity contribution in [1.29, 1.82) is 0 Å².